The number of carbonyl (C=O) groups is 2. The fraction of sp³-hybridized carbons (Fsp3) is 0.417. The number of ether oxygens (including phenoxy) is 1. The molecule has 5 heteroatoms. The van der Waals surface area contributed by atoms with Crippen LogP contribution in [0, 0.1) is 0 Å². The van der Waals surface area contributed by atoms with Gasteiger partial charge in [0.2, 0.25) is 5.91 Å². The first-order valence-corrected chi connectivity index (χ1v) is 10.5. The van der Waals surface area contributed by atoms with Crippen LogP contribution in [0.15, 0.2) is 54.6 Å². The summed E-state index contributed by atoms with van der Waals surface area (Å²) in [7, 11) is 0. The topological polar surface area (TPSA) is 67.4 Å². The van der Waals surface area contributed by atoms with Gasteiger partial charge in [0.1, 0.15) is 0 Å². The number of nitrogens with one attached hydrogen (secondary N) is 2. The Labute approximate surface area is 171 Å². The molecule has 2 aromatic rings. The average molecular weight is 392 g/mol. The first-order valence-electron chi connectivity index (χ1n) is 10.5. The Hall–Kier alpha value is -2.66. The molecule has 152 valence electrons. The fourth-order valence-corrected chi connectivity index (χ4v) is 4.45. The highest BCUT2D eigenvalue weighted by Crippen LogP contribution is 2.42. The summed E-state index contributed by atoms with van der Waals surface area (Å²) in [5.74, 6) is -0.0771. The third-order valence-corrected chi connectivity index (χ3v) is 6.14. The summed E-state index contributed by atoms with van der Waals surface area (Å²) in [6, 6.07) is 17.2. The molecule has 1 atom stereocenters. The lowest BCUT2D eigenvalue weighted by atomic mass is 9.78. The van der Waals surface area contributed by atoms with E-state index in [1.165, 1.54) is 0 Å². The lowest BCUT2D eigenvalue weighted by Crippen LogP contribution is -2.38. The Morgan fingerprint density at radius 3 is 2.34 bits per heavy atom. The SMILES string of the molecule is O=C(NCC1CCCO1)c1ccc(NC(=O)C2(c3ccccc3)CCCC2)cc1. The van der Waals surface area contributed by atoms with Crippen LogP contribution in [0.4, 0.5) is 5.69 Å². The van der Waals surface area contributed by atoms with Crippen LogP contribution < -0.4 is 10.6 Å². The molecule has 0 bridgehead atoms. The highest BCUT2D eigenvalue weighted by Gasteiger charge is 2.42. The molecule has 1 aliphatic carbocycles. The number of hydrogen-bond acceptors (Lipinski definition) is 3. The first-order chi connectivity index (χ1) is 14.2. The summed E-state index contributed by atoms with van der Waals surface area (Å²) in [5.41, 5.74) is 1.92. The zero-order valence-corrected chi connectivity index (χ0v) is 16.7. The number of rotatable bonds is 6. The van der Waals surface area contributed by atoms with Crippen LogP contribution in [-0.2, 0) is 14.9 Å². The van der Waals surface area contributed by atoms with E-state index in [9.17, 15) is 9.59 Å². The second kappa shape index (κ2) is 8.78. The molecule has 2 amide bonds. The molecule has 4 rings (SSSR count). The van der Waals surface area contributed by atoms with Crippen molar-refractivity contribution in [1.29, 1.82) is 0 Å². The average Bonchev–Trinajstić information content (AvgIpc) is 3.46. The highest BCUT2D eigenvalue weighted by molar-refractivity contribution is 6.00. The molecule has 5 nitrogen and oxygen atoms in total. The Bertz CT molecular complexity index is 836. The zero-order valence-electron chi connectivity index (χ0n) is 16.7. The van der Waals surface area contributed by atoms with Gasteiger partial charge >= 0.3 is 0 Å². The number of benzene rings is 2. The Morgan fingerprint density at radius 1 is 0.966 bits per heavy atom. The summed E-state index contributed by atoms with van der Waals surface area (Å²) in [6.45, 7) is 1.32. The summed E-state index contributed by atoms with van der Waals surface area (Å²) < 4.78 is 5.53. The minimum atomic E-state index is -0.460. The van der Waals surface area contributed by atoms with E-state index in [0.29, 0.717) is 17.8 Å². The molecule has 1 saturated heterocycles. The monoisotopic (exact) mass is 392 g/mol. The maximum Gasteiger partial charge on any atom is 0.251 e. The maximum atomic E-state index is 13.2. The molecule has 2 aromatic carbocycles. The predicted octanol–water partition coefficient (Wildman–Crippen LogP) is 4.05. The van der Waals surface area contributed by atoms with Crippen LogP contribution in [-0.4, -0.2) is 31.1 Å². The van der Waals surface area contributed by atoms with Gasteiger partial charge in [0.15, 0.2) is 0 Å². The van der Waals surface area contributed by atoms with Crippen LogP contribution in [0.2, 0.25) is 0 Å². The molecule has 29 heavy (non-hydrogen) atoms. The minimum Gasteiger partial charge on any atom is -0.376 e. The van der Waals surface area contributed by atoms with Gasteiger partial charge in [-0.15, -0.1) is 0 Å². The van der Waals surface area contributed by atoms with Crippen molar-refractivity contribution in [2.24, 2.45) is 0 Å². The summed E-state index contributed by atoms with van der Waals surface area (Å²) in [5, 5.41) is 6.00. The number of anilines is 1. The fourth-order valence-electron chi connectivity index (χ4n) is 4.45. The third kappa shape index (κ3) is 4.35. The molecular weight excluding hydrogens is 364 g/mol. The second-order valence-corrected chi connectivity index (χ2v) is 8.03. The van der Waals surface area contributed by atoms with Crippen molar-refractivity contribution in [3.8, 4) is 0 Å². The maximum absolute atomic E-state index is 13.2. The van der Waals surface area contributed by atoms with Crippen molar-refractivity contribution in [3.05, 3.63) is 65.7 Å². The number of carbonyl (C=O) groups excluding carboxylic acids is 2. The van der Waals surface area contributed by atoms with Crippen molar-refractivity contribution < 1.29 is 14.3 Å². The number of hydrogen-bond donors (Lipinski definition) is 2. The summed E-state index contributed by atoms with van der Waals surface area (Å²) in [6.07, 6.45) is 6.03. The van der Waals surface area contributed by atoms with Gasteiger partial charge in [0.25, 0.3) is 5.91 Å². The van der Waals surface area contributed by atoms with Crippen LogP contribution in [0.5, 0.6) is 0 Å². The summed E-state index contributed by atoms with van der Waals surface area (Å²) >= 11 is 0. The predicted molar refractivity (Wildman–Crippen MR) is 113 cm³/mol. The first kappa shape index (κ1) is 19.6. The van der Waals surface area contributed by atoms with Gasteiger partial charge in [-0.3, -0.25) is 9.59 Å². The normalized spacial score (nSPS) is 20.3. The van der Waals surface area contributed by atoms with Crippen molar-refractivity contribution in [3.63, 3.8) is 0 Å². The second-order valence-electron chi connectivity index (χ2n) is 8.03. The van der Waals surface area contributed by atoms with E-state index in [2.05, 4.69) is 10.6 Å². The molecular formula is C24H28N2O3. The summed E-state index contributed by atoms with van der Waals surface area (Å²) in [4.78, 5) is 25.5. The third-order valence-electron chi connectivity index (χ3n) is 6.14. The van der Waals surface area contributed by atoms with Crippen molar-refractivity contribution in [2.45, 2.75) is 50.0 Å². The standard InChI is InChI=1S/C24H28N2O3/c27-22(25-17-21-9-6-16-29-21)18-10-12-20(13-11-18)26-23(28)24(14-4-5-15-24)19-7-2-1-3-8-19/h1-3,7-8,10-13,21H,4-6,9,14-17H2,(H,25,27)(H,26,28). The molecule has 2 fully saturated rings. The van der Waals surface area contributed by atoms with E-state index in [4.69, 9.17) is 4.74 Å². The molecule has 1 saturated carbocycles. The largest absolute Gasteiger partial charge is 0.376 e. The van der Waals surface area contributed by atoms with Crippen LogP contribution >= 0.6 is 0 Å². The Balaban J connectivity index is 1.40. The molecule has 0 radical (unpaired) electrons. The Kier molecular flexibility index (Phi) is 5.95. The van der Waals surface area contributed by atoms with Crippen LogP contribution in [0.3, 0.4) is 0 Å². The molecule has 1 aliphatic heterocycles. The van der Waals surface area contributed by atoms with Gasteiger partial charge in [-0.25, -0.2) is 0 Å². The molecule has 2 N–H and O–H groups in total. The molecule has 1 heterocycles. The lowest BCUT2D eigenvalue weighted by molar-refractivity contribution is -0.121. The molecule has 1 unspecified atom stereocenters. The Morgan fingerprint density at radius 2 is 1.69 bits per heavy atom. The van der Waals surface area contributed by atoms with E-state index in [1.54, 1.807) is 24.3 Å². The van der Waals surface area contributed by atoms with E-state index >= 15 is 0 Å². The van der Waals surface area contributed by atoms with Crippen LogP contribution in [0.25, 0.3) is 0 Å². The van der Waals surface area contributed by atoms with Gasteiger partial charge in [-0.05, 0) is 55.5 Å². The van der Waals surface area contributed by atoms with Gasteiger partial charge in [-0.2, -0.15) is 0 Å². The molecule has 2 aliphatic rings. The highest BCUT2D eigenvalue weighted by atomic mass is 16.5. The van der Waals surface area contributed by atoms with E-state index in [1.807, 2.05) is 30.3 Å². The quantitative estimate of drug-likeness (QED) is 0.779. The van der Waals surface area contributed by atoms with Gasteiger partial charge in [-0.1, -0.05) is 43.2 Å². The van der Waals surface area contributed by atoms with Crippen molar-refractivity contribution in [1.82, 2.24) is 5.32 Å². The van der Waals surface area contributed by atoms with Crippen molar-refractivity contribution >= 4 is 17.5 Å². The molecule has 0 spiro atoms. The van der Waals surface area contributed by atoms with Gasteiger partial charge in [0.05, 0.1) is 11.5 Å². The zero-order chi connectivity index (χ0) is 20.1. The smallest absolute Gasteiger partial charge is 0.251 e. The lowest BCUT2D eigenvalue weighted by Gasteiger charge is -2.28. The van der Waals surface area contributed by atoms with Gasteiger partial charge < -0.3 is 15.4 Å². The van der Waals surface area contributed by atoms with E-state index < -0.39 is 5.41 Å². The van der Waals surface area contributed by atoms with Crippen molar-refractivity contribution in [2.75, 3.05) is 18.5 Å². The van der Waals surface area contributed by atoms with Crippen LogP contribution in [0.1, 0.15) is 54.4 Å². The minimum absolute atomic E-state index is 0.0387. The van der Waals surface area contributed by atoms with E-state index in [-0.39, 0.29) is 17.9 Å². The van der Waals surface area contributed by atoms with E-state index in [0.717, 1.165) is 50.7 Å². The van der Waals surface area contributed by atoms with Gasteiger partial charge in [0, 0.05) is 24.4 Å². The molecule has 0 aromatic heterocycles. The number of amides is 2.